The molecule has 8 heteroatoms. The van der Waals surface area contributed by atoms with Crippen molar-refractivity contribution < 1.29 is 28.5 Å². The van der Waals surface area contributed by atoms with Gasteiger partial charge in [-0.25, -0.2) is 0 Å². The Morgan fingerprint density at radius 1 is 1.10 bits per heavy atom. The topological polar surface area (TPSA) is 76.0 Å². The van der Waals surface area contributed by atoms with Gasteiger partial charge in [0, 0.05) is 37.8 Å². The molecule has 0 unspecified atom stereocenters. The quantitative estimate of drug-likeness (QED) is 0.640. The number of rotatable bonds is 3. The summed E-state index contributed by atoms with van der Waals surface area (Å²) >= 11 is 0. The number of phenols is 3. The van der Waals surface area contributed by atoms with Gasteiger partial charge in [0.05, 0.1) is 6.42 Å². The molecule has 0 bridgehead atoms. The molecule has 0 saturated carbocycles. The fourth-order valence-corrected chi connectivity index (χ4v) is 2.50. The van der Waals surface area contributed by atoms with Crippen LogP contribution >= 0.6 is 0 Å². The summed E-state index contributed by atoms with van der Waals surface area (Å²) in [7, 11) is 0. The van der Waals surface area contributed by atoms with Crippen LogP contribution in [0.3, 0.4) is 0 Å². The number of piperazine rings is 1. The fourth-order valence-electron chi connectivity index (χ4n) is 2.50. The van der Waals surface area contributed by atoms with Gasteiger partial charge in [-0.05, 0) is 12.1 Å². The van der Waals surface area contributed by atoms with E-state index >= 15 is 0 Å². The van der Waals surface area contributed by atoms with Gasteiger partial charge in [0.15, 0.2) is 11.5 Å². The minimum absolute atomic E-state index is 0.0375. The normalized spacial score (nSPS) is 18.6. The lowest BCUT2D eigenvalue weighted by molar-refractivity contribution is -0.148. The Morgan fingerprint density at radius 3 is 2.29 bits per heavy atom. The third-order valence-corrected chi connectivity index (χ3v) is 3.54. The summed E-state index contributed by atoms with van der Waals surface area (Å²) in [5.74, 6) is -2.07. The number of hydrogen-bond acceptors (Lipinski definition) is 5. The maximum atomic E-state index is 12.8. The smallest absolute Gasteiger partial charge is 0.390 e. The van der Waals surface area contributed by atoms with Crippen LogP contribution in [0.5, 0.6) is 17.2 Å². The number of halogens is 3. The summed E-state index contributed by atoms with van der Waals surface area (Å²) in [4.78, 5) is 1.61. The summed E-state index contributed by atoms with van der Waals surface area (Å²) < 4.78 is 38.5. The van der Waals surface area contributed by atoms with Crippen LogP contribution < -0.4 is 5.32 Å². The molecule has 0 aliphatic carbocycles. The summed E-state index contributed by atoms with van der Waals surface area (Å²) in [5, 5.41) is 31.7. The van der Waals surface area contributed by atoms with Crippen LogP contribution in [0.2, 0.25) is 0 Å². The van der Waals surface area contributed by atoms with E-state index in [1.165, 1.54) is 6.07 Å². The maximum absolute atomic E-state index is 12.8. The van der Waals surface area contributed by atoms with Crippen LogP contribution in [0.15, 0.2) is 12.1 Å². The molecule has 21 heavy (non-hydrogen) atoms. The van der Waals surface area contributed by atoms with Gasteiger partial charge in [-0.3, -0.25) is 4.90 Å². The second-order valence-electron chi connectivity index (χ2n) is 4.99. The van der Waals surface area contributed by atoms with Gasteiger partial charge in [-0.15, -0.1) is 0 Å². The first-order chi connectivity index (χ1) is 9.79. The molecule has 1 aliphatic heterocycles. The molecule has 1 fully saturated rings. The molecule has 2 rings (SSSR count). The highest BCUT2D eigenvalue weighted by molar-refractivity contribution is 5.54. The molecule has 1 aromatic rings. The zero-order chi connectivity index (χ0) is 15.6. The summed E-state index contributed by atoms with van der Waals surface area (Å²) in [6, 6.07) is 1.19. The van der Waals surface area contributed by atoms with Crippen molar-refractivity contribution in [2.45, 2.75) is 18.6 Å². The Bertz CT molecular complexity index is 502. The van der Waals surface area contributed by atoms with E-state index in [0.29, 0.717) is 26.2 Å². The van der Waals surface area contributed by atoms with Gasteiger partial charge >= 0.3 is 6.18 Å². The second kappa shape index (κ2) is 5.98. The average molecular weight is 306 g/mol. The van der Waals surface area contributed by atoms with Gasteiger partial charge in [-0.2, -0.15) is 13.2 Å². The third kappa shape index (κ3) is 3.70. The largest absolute Gasteiger partial charge is 0.504 e. The number of nitrogens with one attached hydrogen (secondary N) is 1. The first kappa shape index (κ1) is 15.7. The highest BCUT2D eigenvalue weighted by atomic mass is 19.4. The summed E-state index contributed by atoms with van der Waals surface area (Å²) in [6.07, 6.45) is -5.54. The Hall–Kier alpha value is -1.67. The number of benzene rings is 1. The average Bonchev–Trinajstić information content (AvgIpc) is 2.43. The molecule has 5 nitrogen and oxygen atoms in total. The number of nitrogens with zero attached hydrogens (tertiary/aromatic N) is 1. The Kier molecular flexibility index (Phi) is 4.48. The first-order valence-corrected chi connectivity index (χ1v) is 6.55. The van der Waals surface area contributed by atoms with Crippen molar-refractivity contribution in [3.05, 3.63) is 17.7 Å². The molecule has 0 aromatic heterocycles. The van der Waals surface area contributed by atoms with Crippen LogP contribution in [0.4, 0.5) is 13.2 Å². The van der Waals surface area contributed by atoms with E-state index in [0.717, 1.165) is 6.07 Å². The molecule has 1 saturated heterocycles. The molecule has 4 N–H and O–H groups in total. The fraction of sp³-hybridized carbons (Fsp3) is 0.538. The van der Waals surface area contributed by atoms with Crippen LogP contribution in [0.1, 0.15) is 18.0 Å². The van der Waals surface area contributed by atoms with Gasteiger partial charge in [0.1, 0.15) is 0 Å². The predicted octanol–water partition coefficient (Wildman–Crippen LogP) is 1.70. The molecular formula is C13H17F3N2O3. The highest BCUT2D eigenvalue weighted by Crippen LogP contribution is 2.44. The molecular weight excluding hydrogens is 289 g/mol. The van der Waals surface area contributed by atoms with E-state index in [1.807, 2.05) is 0 Å². The van der Waals surface area contributed by atoms with E-state index in [2.05, 4.69) is 5.32 Å². The highest BCUT2D eigenvalue weighted by Gasteiger charge is 2.37. The standard InChI is InChI=1S/C13H17F3N2O3/c14-13(15,16)7-9(18-5-3-17-4-6-18)8-1-2-10(19)12(21)11(8)20/h1-2,9,17,19-21H,3-7H2/t9-/m1/s1. The molecule has 118 valence electrons. The molecule has 0 spiro atoms. The maximum Gasteiger partial charge on any atom is 0.390 e. The predicted molar refractivity (Wildman–Crippen MR) is 69.3 cm³/mol. The molecule has 1 atom stereocenters. The van der Waals surface area contributed by atoms with E-state index in [1.54, 1.807) is 4.90 Å². The third-order valence-electron chi connectivity index (χ3n) is 3.54. The zero-order valence-corrected chi connectivity index (χ0v) is 11.2. The minimum Gasteiger partial charge on any atom is -0.504 e. The van der Waals surface area contributed by atoms with Crippen molar-refractivity contribution >= 4 is 0 Å². The lowest BCUT2D eigenvalue weighted by Gasteiger charge is -2.36. The zero-order valence-electron chi connectivity index (χ0n) is 11.2. The van der Waals surface area contributed by atoms with Crippen LogP contribution in [0.25, 0.3) is 0 Å². The summed E-state index contributed by atoms with van der Waals surface area (Å²) in [6.45, 7) is 1.92. The van der Waals surface area contributed by atoms with E-state index in [4.69, 9.17) is 0 Å². The number of alkyl halides is 3. The molecule has 0 radical (unpaired) electrons. The number of hydrogen-bond donors (Lipinski definition) is 4. The SMILES string of the molecule is Oc1ccc([C@@H](CC(F)(F)F)N2CCNCC2)c(O)c1O. The Morgan fingerprint density at radius 2 is 1.71 bits per heavy atom. The van der Waals surface area contributed by atoms with Gasteiger partial charge in [0.2, 0.25) is 5.75 Å². The van der Waals surface area contributed by atoms with Crippen LogP contribution in [-0.2, 0) is 0 Å². The van der Waals surface area contributed by atoms with Crippen LogP contribution in [0, 0.1) is 0 Å². The lowest BCUT2D eigenvalue weighted by Crippen LogP contribution is -2.46. The monoisotopic (exact) mass is 306 g/mol. The second-order valence-corrected chi connectivity index (χ2v) is 4.99. The number of phenolic OH excluding ortho intramolecular Hbond substituents is 3. The summed E-state index contributed by atoms with van der Waals surface area (Å²) in [5.41, 5.74) is -0.0375. The van der Waals surface area contributed by atoms with Gasteiger partial charge in [0.25, 0.3) is 0 Å². The molecule has 1 aromatic carbocycles. The first-order valence-electron chi connectivity index (χ1n) is 6.55. The van der Waals surface area contributed by atoms with Gasteiger partial charge in [-0.1, -0.05) is 0 Å². The van der Waals surface area contributed by atoms with E-state index in [-0.39, 0.29) is 5.56 Å². The van der Waals surface area contributed by atoms with E-state index < -0.39 is 35.9 Å². The lowest BCUT2D eigenvalue weighted by atomic mass is 9.99. The van der Waals surface area contributed by atoms with Crippen molar-refractivity contribution in [3.63, 3.8) is 0 Å². The van der Waals surface area contributed by atoms with Crippen molar-refractivity contribution in [2.75, 3.05) is 26.2 Å². The number of aromatic hydroxyl groups is 3. The van der Waals surface area contributed by atoms with Crippen LogP contribution in [-0.4, -0.2) is 52.6 Å². The van der Waals surface area contributed by atoms with Crippen molar-refractivity contribution in [2.24, 2.45) is 0 Å². The molecule has 0 amide bonds. The van der Waals surface area contributed by atoms with Crippen molar-refractivity contribution in [3.8, 4) is 17.2 Å². The minimum atomic E-state index is -4.41. The Labute approximate surface area is 119 Å². The molecule has 1 aliphatic rings. The van der Waals surface area contributed by atoms with Gasteiger partial charge < -0.3 is 20.6 Å². The molecule has 1 heterocycles. The van der Waals surface area contributed by atoms with Crippen molar-refractivity contribution in [1.82, 2.24) is 10.2 Å². The van der Waals surface area contributed by atoms with Crippen molar-refractivity contribution in [1.29, 1.82) is 0 Å². The Balaban J connectivity index is 2.36. The van der Waals surface area contributed by atoms with E-state index in [9.17, 15) is 28.5 Å².